The van der Waals surface area contributed by atoms with E-state index in [0.29, 0.717) is 56.1 Å². The number of aryl methyl sites for hydroxylation is 4. The number of anilines is 2. The molecule has 0 unspecified atom stereocenters. The van der Waals surface area contributed by atoms with Crippen molar-refractivity contribution in [2.75, 3.05) is 34.7 Å². The number of amides is 4. The summed E-state index contributed by atoms with van der Waals surface area (Å²) in [5.41, 5.74) is 1.31. The van der Waals surface area contributed by atoms with Crippen LogP contribution in [0.4, 0.5) is 37.7 Å². The Kier molecular flexibility index (Phi) is 19.9. The van der Waals surface area contributed by atoms with Crippen LogP contribution in [0.25, 0.3) is 11.4 Å². The van der Waals surface area contributed by atoms with Crippen LogP contribution in [-0.2, 0) is 35.3 Å². The van der Waals surface area contributed by atoms with E-state index in [-0.39, 0.29) is 52.8 Å². The number of halogens is 6. The summed E-state index contributed by atoms with van der Waals surface area (Å²) in [6, 6.07) is 28.1. The van der Waals surface area contributed by atoms with Gasteiger partial charge in [-0.3, -0.25) is 19.2 Å². The molecule has 0 saturated carbocycles. The van der Waals surface area contributed by atoms with Crippen LogP contribution in [0, 0.1) is 27.7 Å². The summed E-state index contributed by atoms with van der Waals surface area (Å²) in [5.74, 6) is -1.51. The first-order valence-electron chi connectivity index (χ1n) is 26.8. The third-order valence-corrected chi connectivity index (χ3v) is 15.7. The maximum absolute atomic E-state index is 13.4. The molecule has 0 bridgehead atoms. The number of rotatable bonds is 18. The van der Waals surface area contributed by atoms with Gasteiger partial charge in [0.25, 0.3) is 23.6 Å². The fourth-order valence-corrected chi connectivity index (χ4v) is 11.6. The number of hydrogen-bond acceptors (Lipinski definition) is 13. The van der Waals surface area contributed by atoms with Gasteiger partial charge in [-0.2, -0.15) is 56.8 Å². The first-order valence-corrected chi connectivity index (χ1v) is 30.2. The quantitative estimate of drug-likeness (QED) is 0.0585. The van der Waals surface area contributed by atoms with Crippen LogP contribution in [0.3, 0.4) is 0 Å². The molecular weight excluding hydrogens is 1190 g/mol. The van der Waals surface area contributed by atoms with Crippen LogP contribution in [-0.4, -0.2) is 107 Å². The minimum Gasteiger partial charge on any atom is -0.346 e. The molecule has 0 aliphatic carbocycles. The smallest absolute Gasteiger partial charge is 0.346 e. The lowest BCUT2D eigenvalue weighted by Crippen LogP contribution is -2.48. The van der Waals surface area contributed by atoms with Crippen molar-refractivity contribution in [3.8, 4) is 11.4 Å². The van der Waals surface area contributed by atoms with E-state index in [9.17, 15) is 63.5 Å². The van der Waals surface area contributed by atoms with Gasteiger partial charge in [-0.1, -0.05) is 48.5 Å². The fraction of sp³-hybridized carbons (Fsp3) is 0.300. The van der Waals surface area contributed by atoms with Gasteiger partial charge in [-0.05, 0) is 189 Å². The molecule has 0 fully saturated rings. The number of sulfone groups is 1. The van der Waals surface area contributed by atoms with Gasteiger partial charge < -0.3 is 21.3 Å². The number of aromatic nitrogens is 8. The Bertz CT molecular complexity index is 4170. The maximum Gasteiger partial charge on any atom is 0.416 e. The van der Waals surface area contributed by atoms with Crippen molar-refractivity contribution in [3.63, 3.8) is 0 Å². The van der Waals surface area contributed by atoms with Crippen LogP contribution < -0.4 is 32.6 Å². The number of nitrogens with zero attached hydrogens (tertiary/aromatic N) is 8. The Labute approximate surface area is 505 Å². The Morgan fingerprint density at radius 3 is 1.23 bits per heavy atom. The Morgan fingerprint density at radius 2 is 0.886 bits per heavy atom. The van der Waals surface area contributed by atoms with Crippen LogP contribution >= 0.6 is 11.8 Å². The number of carbonyl (C=O) groups excluding carboxylic acids is 4. The van der Waals surface area contributed by atoms with Gasteiger partial charge in [-0.25, -0.2) is 18.0 Å². The molecule has 0 radical (unpaired) electrons. The first kappa shape index (κ1) is 66.3. The summed E-state index contributed by atoms with van der Waals surface area (Å²) in [6.45, 7) is 14.0. The van der Waals surface area contributed by atoms with E-state index in [1.54, 1.807) is 120 Å². The van der Waals surface area contributed by atoms with Gasteiger partial charge in [-0.15, -0.1) is 0 Å². The summed E-state index contributed by atoms with van der Waals surface area (Å²) in [4.78, 5) is 78.8. The summed E-state index contributed by atoms with van der Waals surface area (Å²) >= 11 is 1.61. The summed E-state index contributed by atoms with van der Waals surface area (Å²) in [5, 5.41) is 26.7. The first-order chi connectivity index (χ1) is 41.0. The lowest BCUT2D eigenvalue weighted by atomic mass is 9.98. The molecule has 6 aromatic carbocycles. The number of carbonyl (C=O) groups is 4. The number of tetrazole rings is 2. The molecule has 4 N–H and O–H groups in total. The zero-order chi connectivity index (χ0) is 64.8. The van der Waals surface area contributed by atoms with E-state index >= 15 is 0 Å². The SMILES string of the molecule is CSCC(C)(C)NC(=O)c1c(C)cccc1C(=O)Nc1ccc(Cn2nnn(-c3ccc(C(F)(F)F)cc3)c2=O)cc1C.Cc1cc(Cn2nnn(-c3ccc(C(F)(F)F)cc3)c2=O)ccc1NC(=O)c1cccc(C)c1C(=O)NC(C)(C)CS(C)(=O)=O. The molecule has 0 saturated heterocycles. The highest BCUT2D eigenvalue weighted by Crippen LogP contribution is 2.31. The predicted octanol–water partition coefficient (Wildman–Crippen LogP) is 9.15. The van der Waals surface area contributed by atoms with Gasteiger partial charge in [0.2, 0.25) is 0 Å². The fourth-order valence-electron chi connectivity index (χ4n) is 9.45. The maximum atomic E-state index is 13.4. The predicted molar refractivity (Wildman–Crippen MR) is 321 cm³/mol. The van der Waals surface area contributed by atoms with Gasteiger partial charge >= 0.3 is 23.7 Å². The highest BCUT2D eigenvalue weighted by atomic mass is 32.2. The molecule has 2 aromatic heterocycles. The molecule has 88 heavy (non-hydrogen) atoms. The molecular formula is C60H62F6N12O8S2. The van der Waals surface area contributed by atoms with Crippen molar-refractivity contribution >= 4 is 56.6 Å². The average molecular weight is 1260 g/mol. The normalized spacial score (nSPS) is 12.0. The van der Waals surface area contributed by atoms with Gasteiger partial charge in [0.15, 0.2) is 0 Å². The zero-order valence-electron chi connectivity index (χ0n) is 49.3. The van der Waals surface area contributed by atoms with E-state index in [1.807, 2.05) is 20.1 Å². The van der Waals surface area contributed by atoms with Gasteiger partial charge in [0.05, 0.1) is 63.6 Å². The van der Waals surface area contributed by atoms with E-state index < -0.39 is 73.5 Å². The van der Waals surface area contributed by atoms with Crippen molar-refractivity contribution in [2.45, 2.75) is 91.9 Å². The Morgan fingerprint density at radius 1 is 0.511 bits per heavy atom. The highest BCUT2D eigenvalue weighted by Gasteiger charge is 2.33. The summed E-state index contributed by atoms with van der Waals surface area (Å²) < 4.78 is 105. The van der Waals surface area contributed by atoms with E-state index in [2.05, 4.69) is 42.1 Å². The highest BCUT2D eigenvalue weighted by molar-refractivity contribution is 7.98. The lowest BCUT2D eigenvalue weighted by Gasteiger charge is -2.26. The third kappa shape index (κ3) is 16.7. The monoisotopic (exact) mass is 1260 g/mol. The molecule has 464 valence electrons. The number of nitrogens with one attached hydrogen (secondary N) is 4. The van der Waals surface area contributed by atoms with Crippen LogP contribution in [0.2, 0.25) is 0 Å². The Hall–Kier alpha value is -9.18. The van der Waals surface area contributed by atoms with Crippen molar-refractivity contribution < 1.29 is 53.9 Å². The number of thioether (sulfide) groups is 1. The van der Waals surface area contributed by atoms with Crippen LogP contribution in [0.1, 0.15) is 114 Å². The molecule has 0 aliphatic heterocycles. The van der Waals surface area contributed by atoms with E-state index in [1.165, 1.54) is 6.07 Å². The largest absolute Gasteiger partial charge is 0.416 e. The molecule has 8 rings (SSSR count). The second kappa shape index (κ2) is 26.4. The second-order valence-electron chi connectivity index (χ2n) is 22.1. The number of hydrogen-bond donors (Lipinski definition) is 4. The summed E-state index contributed by atoms with van der Waals surface area (Å²) in [7, 11) is -3.39. The lowest BCUT2D eigenvalue weighted by molar-refractivity contribution is -0.138. The second-order valence-corrected chi connectivity index (χ2v) is 25.1. The molecule has 4 amide bonds. The molecule has 28 heteroatoms. The zero-order valence-corrected chi connectivity index (χ0v) is 50.9. The van der Waals surface area contributed by atoms with Gasteiger partial charge in [0, 0.05) is 34.5 Å². The molecule has 0 atom stereocenters. The van der Waals surface area contributed by atoms with Crippen molar-refractivity contribution in [1.29, 1.82) is 0 Å². The standard InChI is InChI=1S/C30H31F3N6O5S.C30H31F3N6O3S/c1-18-7-6-8-23(25(18)27(41)35-29(3,4)17-45(5,43)44)26(40)34-24-14-9-20(15-19(24)2)16-38-28(42)39(37-36-38)22-12-10-21(11-13-22)30(31,32)33;1-18-7-6-8-23(25(18)27(41)35-29(3,4)17-43-5)26(40)34-24-14-9-20(15-19(24)2)16-38-28(42)39(37-36-38)22-12-10-21(11-13-22)30(31,32)33/h6-15H,16-17H2,1-5H3,(H,34,40)(H,35,41);6-15H,16-17H2,1-5H3,(H,34,40)(H,35,41). The number of alkyl halides is 6. The van der Waals surface area contributed by atoms with Crippen molar-refractivity contribution in [2.24, 2.45) is 0 Å². The van der Waals surface area contributed by atoms with Crippen molar-refractivity contribution in [3.05, 3.63) is 209 Å². The van der Waals surface area contributed by atoms with Crippen molar-refractivity contribution in [1.82, 2.24) is 50.2 Å². The molecule has 2 heterocycles. The van der Waals surface area contributed by atoms with Gasteiger partial charge in [0.1, 0.15) is 9.84 Å². The Balaban J connectivity index is 0.000000251. The average Bonchev–Trinajstić information content (AvgIpc) is 3.11. The molecule has 0 spiro atoms. The van der Waals surface area contributed by atoms with E-state index in [4.69, 9.17) is 0 Å². The minimum absolute atomic E-state index is 0.000000682. The minimum atomic E-state index is -4.51. The topological polar surface area (TPSA) is 256 Å². The molecule has 8 aromatic rings. The third-order valence-electron chi connectivity index (χ3n) is 13.4. The number of benzene rings is 6. The summed E-state index contributed by atoms with van der Waals surface area (Å²) in [6.07, 6.45) is -5.97. The van der Waals surface area contributed by atoms with Crippen LogP contribution in [0.15, 0.2) is 131 Å². The van der Waals surface area contributed by atoms with E-state index in [0.717, 1.165) is 73.5 Å². The molecule has 20 nitrogen and oxygen atoms in total. The molecule has 0 aliphatic rings. The van der Waals surface area contributed by atoms with Crippen LogP contribution in [0.5, 0.6) is 0 Å².